The van der Waals surface area contributed by atoms with Crippen molar-refractivity contribution in [1.29, 1.82) is 0 Å². The van der Waals surface area contributed by atoms with Gasteiger partial charge in [0.1, 0.15) is 6.10 Å². The Hall–Kier alpha value is 1.88. The fraction of sp³-hybridized carbons (Fsp3) is 0.909. The van der Waals surface area contributed by atoms with Crippen molar-refractivity contribution < 1.29 is 4.74 Å². The molecule has 0 spiro atoms. The molecule has 3 saturated carbocycles. The molecule has 15 heavy (non-hydrogen) atoms. The number of thiol groups is 1. The van der Waals surface area contributed by atoms with Crippen LogP contribution in [0.5, 0.6) is 0 Å². The summed E-state index contributed by atoms with van der Waals surface area (Å²) in [5.74, 6) is 3.74. The van der Waals surface area contributed by atoms with Gasteiger partial charge in [0.15, 0.2) is 0 Å². The molecule has 0 heterocycles. The van der Waals surface area contributed by atoms with Crippen LogP contribution in [0.4, 0.5) is 0 Å². The maximum absolute atomic E-state index is 5.65. The summed E-state index contributed by atoms with van der Waals surface area (Å²) in [4.78, 5) is 0. The molecule has 5 atom stereocenters. The number of hydrogen-bond acceptors (Lipinski definition) is 2. The predicted molar refractivity (Wildman–Crippen MR) is 70.7 cm³/mol. The predicted octanol–water partition coefficient (Wildman–Crippen LogP) is 2.39. The van der Waals surface area contributed by atoms with E-state index in [-0.39, 0.29) is 51.4 Å². The van der Waals surface area contributed by atoms with E-state index >= 15 is 0 Å². The fourth-order valence-electron chi connectivity index (χ4n) is 4.27. The molecule has 0 N–H and O–H groups in total. The summed E-state index contributed by atoms with van der Waals surface area (Å²) in [6.07, 6.45) is 7.41. The van der Waals surface area contributed by atoms with Gasteiger partial charge in [0.25, 0.3) is 0 Å². The van der Waals surface area contributed by atoms with Gasteiger partial charge in [-0.3, -0.25) is 0 Å². The molecule has 3 fully saturated rings. The molecule has 0 saturated heterocycles. The molecule has 5 unspecified atom stereocenters. The van der Waals surface area contributed by atoms with Crippen LogP contribution in [0.1, 0.15) is 32.1 Å². The maximum atomic E-state index is 5.65. The molecule has 0 aromatic rings. The average Bonchev–Trinajstić information content (AvgIpc) is 2.68. The number of ether oxygens (including phenoxy) is 1. The minimum atomic E-state index is 0. The Labute approximate surface area is 145 Å². The van der Waals surface area contributed by atoms with E-state index in [1.54, 1.807) is 0 Å². The van der Waals surface area contributed by atoms with Crippen LogP contribution >= 0.6 is 24.8 Å². The van der Waals surface area contributed by atoms with Gasteiger partial charge in [0.2, 0.25) is 4.38 Å². The summed E-state index contributed by atoms with van der Waals surface area (Å²) in [6.45, 7) is 0. The average molecular weight is 268 g/mol. The molecule has 80 valence electrons. The molecule has 1 nitrogen and oxygen atoms in total. The Bertz CT molecular complexity index is 271. The van der Waals surface area contributed by atoms with E-state index in [4.69, 9.17) is 17.0 Å². The van der Waals surface area contributed by atoms with E-state index in [2.05, 4.69) is 12.6 Å². The summed E-state index contributed by atoms with van der Waals surface area (Å²) in [7, 11) is 0. The normalized spacial score (nSPS) is 46.1. The third kappa shape index (κ3) is 2.38. The minimum absolute atomic E-state index is 0. The molecule has 0 aromatic carbocycles. The van der Waals surface area contributed by atoms with Gasteiger partial charge in [-0.25, -0.2) is 0 Å². The molecule has 3 aliphatic rings. The van der Waals surface area contributed by atoms with Crippen LogP contribution < -0.4 is 0 Å². The molecule has 0 aromatic heterocycles. The molecule has 0 radical (unpaired) electrons. The zero-order valence-electron chi connectivity index (χ0n) is 8.19. The van der Waals surface area contributed by atoms with Gasteiger partial charge in [0, 0.05) is 0 Å². The van der Waals surface area contributed by atoms with Gasteiger partial charge in [-0.2, -0.15) is 0 Å². The van der Waals surface area contributed by atoms with Crippen LogP contribution in [-0.4, -0.2) is 61.9 Å². The van der Waals surface area contributed by atoms with E-state index in [1.807, 2.05) is 0 Å². The number of fused-ring (bicyclic) bond motifs is 5. The first-order chi connectivity index (χ1) is 6.75. The molecule has 0 amide bonds. The topological polar surface area (TPSA) is 9.23 Å². The van der Waals surface area contributed by atoms with Crippen LogP contribution in [-0.2, 0) is 4.74 Å². The van der Waals surface area contributed by atoms with E-state index in [0.717, 1.165) is 23.7 Å². The molecular formula is C11H17KOS2. The van der Waals surface area contributed by atoms with Crippen LogP contribution in [0.15, 0.2) is 0 Å². The number of rotatable bonds is 1. The van der Waals surface area contributed by atoms with Crippen molar-refractivity contribution in [2.24, 2.45) is 23.7 Å². The summed E-state index contributed by atoms with van der Waals surface area (Å²) >= 11 is 8.98. The zero-order chi connectivity index (χ0) is 9.71. The van der Waals surface area contributed by atoms with E-state index < -0.39 is 0 Å². The third-order valence-corrected chi connectivity index (χ3v) is 4.82. The van der Waals surface area contributed by atoms with Gasteiger partial charge in [0.05, 0.1) is 0 Å². The Balaban J connectivity index is 0.000000853. The zero-order valence-corrected chi connectivity index (χ0v) is 9.90. The van der Waals surface area contributed by atoms with E-state index in [0.29, 0.717) is 10.5 Å². The summed E-state index contributed by atoms with van der Waals surface area (Å²) in [5, 5.41) is 0. The van der Waals surface area contributed by atoms with E-state index in [9.17, 15) is 0 Å². The van der Waals surface area contributed by atoms with Crippen molar-refractivity contribution >= 4 is 80.6 Å². The second kappa shape index (κ2) is 5.25. The molecule has 3 rings (SSSR count). The standard InChI is InChI=1S/C11H16OS2.K.H/c13-11(14)12-10-5-6-4-9(10)8-3-1-2-7(6)8;;/h6-10H,1-5H2,(H,13,14);;. The summed E-state index contributed by atoms with van der Waals surface area (Å²) in [6, 6.07) is 0. The Kier molecular flexibility index (Phi) is 4.66. The van der Waals surface area contributed by atoms with Gasteiger partial charge in [-0.05, 0) is 61.6 Å². The molecular weight excluding hydrogens is 251 g/mol. The monoisotopic (exact) mass is 268 g/mol. The van der Waals surface area contributed by atoms with Crippen LogP contribution in [0.25, 0.3) is 0 Å². The fourth-order valence-corrected chi connectivity index (χ4v) is 4.53. The van der Waals surface area contributed by atoms with Crippen molar-refractivity contribution in [3.8, 4) is 0 Å². The first-order valence-corrected chi connectivity index (χ1v) is 6.51. The van der Waals surface area contributed by atoms with Crippen molar-refractivity contribution in [3.05, 3.63) is 0 Å². The molecule has 3 aliphatic carbocycles. The van der Waals surface area contributed by atoms with Gasteiger partial charge in [-0.1, -0.05) is 19.0 Å². The first-order valence-electron chi connectivity index (χ1n) is 5.65. The Morgan fingerprint density at radius 1 is 1.13 bits per heavy atom. The summed E-state index contributed by atoms with van der Waals surface area (Å²) in [5.41, 5.74) is 0. The van der Waals surface area contributed by atoms with Crippen molar-refractivity contribution in [3.63, 3.8) is 0 Å². The molecule has 2 bridgehead atoms. The van der Waals surface area contributed by atoms with E-state index in [1.165, 1.54) is 32.1 Å². The second-order valence-electron chi connectivity index (χ2n) is 5.08. The van der Waals surface area contributed by atoms with Crippen molar-refractivity contribution in [1.82, 2.24) is 0 Å². The van der Waals surface area contributed by atoms with Crippen molar-refractivity contribution in [2.75, 3.05) is 0 Å². The van der Waals surface area contributed by atoms with Gasteiger partial charge in [-0.15, -0.1) is 0 Å². The third-order valence-electron chi connectivity index (χ3n) is 4.62. The number of thiocarbonyl (C=S) groups is 1. The quantitative estimate of drug-likeness (QED) is 0.444. The Morgan fingerprint density at radius 2 is 1.87 bits per heavy atom. The summed E-state index contributed by atoms with van der Waals surface area (Å²) < 4.78 is 6.09. The van der Waals surface area contributed by atoms with Crippen LogP contribution in [0.3, 0.4) is 0 Å². The second-order valence-corrected chi connectivity index (χ2v) is 6.16. The van der Waals surface area contributed by atoms with Crippen LogP contribution in [0, 0.1) is 23.7 Å². The molecule has 4 heteroatoms. The van der Waals surface area contributed by atoms with Gasteiger partial charge >= 0.3 is 51.4 Å². The van der Waals surface area contributed by atoms with Crippen molar-refractivity contribution in [2.45, 2.75) is 38.2 Å². The SMILES string of the molecule is S=C(S)OC1CC2CC1C1CCCC21.[KH]. The Morgan fingerprint density at radius 3 is 2.60 bits per heavy atom. The number of hydrogen-bond donors (Lipinski definition) is 1. The van der Waals surface area contributed by atoms with Crippen LogP contribution in [0.2, 0.25) is 0 Å². The first kappa shape index (κ1) is 13.3. The van der Waals surface area contributed by atoms with Gasteiger partial charge < -0.3 is 4.74 Å². The molecule has 0 aliphatic heterocycles.